The van der Waals surface area contributed by atoms with E-state index in [2.05, 4.69) is 15.5 Å². The van der Waals surface area contributed by atoms with Crippen molar-refractivity contribution in [3.63, 3.8) is 0 Å². The largest absolute Gasteiger partial charge is 0.487 e. The van der Waals surface area contributed by atoms with Gasteiger partial charge in [0.25, 0.3) is 5.69 Å². The number of hydrogen-bond acceptors (Lipinski definition) is 6. The summed E-state index contributed by atoms with van der Waals surface area (Å²) in [4.78, 5) is 14.0. The molecule has 0 spiro atoms. The fourth-order valence-electron chi connectivity index (χ4n) is 2.22. The van der Waals surface area contributed by atoms with E-state index in [-0.39, 0.29) is 5.69 Å². The van der Waals surface area contributed by atoms with Gasteiger partial charge in [0, 0.05) is 16.7 Å². The number of benzene rings is 2. The Hall–Kier alpha value is -3.16. The van der Waals surface area contributed by atoms with Gasteiger partial charge >= 0.3 is 0 Å². The molecule has 3 aromatic rings. The van der Waals surface area contributed by atoms with Gasteiger partial charge in [-0.05, 0) is 35.9 Å². The maximum Gasteiger partial charge on any atom is 0.287 e. The van der Waals surface area contributed by atoms with Crippen LogP contribution < -0.4 is 10.2 Å². The molecule has 28 heavy (non-hydrogen) atoms. The summed E-state index contributed by atoms with van der Waals surface area (Å²) in [6, 6.07) is 15.5. The van der Waals surface area contributed by atoms with E-state index < -0.39 is 4.92 Å². The van der Waals surface area contributed by atoms with Crippen LogP contribution in [0.15, 0.2) is 65.9 Å². The van der Waals surface area contributed by atoms with Crippen LogP contribution in [0.2, 0.25) is 10.0 Å². The first-order chi connectivity index (χ1) is 13.5. The van der Waals surface area contributed by atoms with E-state index in [0.717, 1.165) is 17.3 Å². The summed E-state index contributed by atoms with van der Waals surface area (Å²) in [7, 11) is 0. The van der Waals surface area contributed by atoms with Crippen molar-refractivity contribution in [2.75, 3.05) is 5.43 Å². The molecule has 142 valence electrons. The van der Waals surface area contributed by atoms with Crippen molar-refractivity contribution in [2.24, 2.45) is 5.10 Å². The maximum absolute atomic E-state index is 10.6. The standard InChI is InChI=1S/C19H14Cl2N4O3/c20-16-4-2-1-3-14(16)12-28-18-7-5-13(9-17(18)21)10-23-24-19-8-6-15(11-22-19)25(26)27/h1-11H,12H2,(H,22,24)/b23-10-. The summed E-state index contributed by atoms with van der Waals surface area (Å²) < 4.78 is 5.72. The zero-order chi connectivity index (χ0) is 19.9. The lowest BCUT2D eigenvalue weighted by molar-refractivity contribution is -0.385. The average molecular weight is 417 g/mol. The van der Waals surface area contributed by atoms with Crippen LogP contribution >= 0.6 is 23.2 Å². The number of rotatable bonds is 7. The molecule has 1 heterocycles. The van der Waals surface area contributed by atoms with Gasteiger partial charge in [0.2, 0.25) is 0 Å². The Morgan fingerprint density at radius 3 is 2.64 bits per heavy atom. The predicted octanol–water partition coefficient (Wildman–Crippen LogP) is 5.32. The van der Waals surface area contributed by atoms with Crippen LogP contribution in [0, 0.1) is 10.1 Å². The molecule has 1 aromatic heterocycles. The van der Waals surface area contributed by atoms with Crippen molar-refractivity contribution in [1.29, 1.82) is 0 Å². The summed E-state index contributed by atoms with van der Waals surface area (Å²) in [6.45, 7) is 0.306. The van der Waals surface area contributed by atoms with Gasteiger partial charge < -0.3 is 4.74 Å². The Morgan fingerprint density at radius 2 is 1.96 bits per heavy atom. The minimum atomic E-state index is -0.516. The number of nitrogens with one attached hydrogen (secondary N) is 1. The summed E-state index contributed by atoms with van der Waals surface area (Å²) in [5.74, 6) is 0.913. The molecule has 0 aliphatic carbocycles. The molecule has 0 aliphatic rings. The molecule has 0 bridgehead atoms. The van der Waals surface area contributed by atoms with Gasteiger partial charge in [0.1, 0.15) is 24.4 Å². The lowest BCUT2D eigenvalue weighted by atomic mass is 10.2. The number of anilines is 1. The zero-order valence-electron chi connectivity index (χ0n) is 14.4. The number of nitrogens with zero attached hydrogens (tertiary/aromatic N) is 3. The molecular formula is C19H14Cl2N4O3. The summed E-state index contributed by atoms with van der Waals surface area (Å²) >= 11 is 12.4. The Morgan fingerprint density at radius 1 is 1.14 bits per heavy atom. The van der Waals surface area contributed by atoms with Crippen molar-refractivity contribution in [1.82, 2.24) is 4.98 Å². The second kappa shape index (κ2) is 9.16. The molecule has 2 aromatic carbocycles. The van der Waals surface area contributed by atoms with E-state index in [0.29, 0.717) is 28.2 Å². The number of aromatic nitrogens is 1. The molecule has 9 heteroatoms. The van der Waals surface area contributed by atoms with Crippen LogP contribution in [0.5, 0.6) is 5.75 Å². The Balaban J connectivity index is 1.59. The van der Waals surface area contributed by atoms with Gasteiger partial charge in [0.05, 0.1) is 16.2 Å². The van der Waals surface area contributed by atoms with Crippen LogP contribution in [-0.2, 0) is 6.61 Å². The Labute approximate surface area is 170 Å². The molecule has 7 nitrogen and oxygen atoms in total. The van der Waals surface area contributed by atoms with Crippen LogP contribution in [-0.4, -0.2) is 16.1 Å². The van der Waals surface area contributed by atoms with E-state index in [1.165, 1.54) is 12.1 Å². The monoisotopic (exact) mass is 416 g/mol. The molecule has 0 saturated carbocycles. The number of hydrazone groups is 1. The Kier molecular flexibility index (Phi) is 6.41. The second-order valence-electron chi connectivity index (χ2n) is 5.60. The third-order valence-electron chi connectivity index (χ3n) is 3.65. The SMILES string of the molecule is O=[N+]([O-])c1ccc(N/N=C\c2ccc(OCc3ccccc3Cl)c(Cl)c2)nc1. The lowest BCUT2D eigenvalue weighted by Crippen LogP contribution is -1.98. The van der Waals surface area contributed by atoms with E-state index >= 15 is 0 Å². The highest BCUT2D eigenvalue weighted by Crippen LogP contribution is 2.27. The van der Waals surface area contributed by atoms with Crippen LogP contribution in [0.1, 0.15) is 11.1 Å². The summed E-state index contributed by atoms with van der Waals surface area (Å²) in [5, 5.41) is 15.7. The molecule has 3 rings (SSSR count). The number of nitro groups is 1. The normalized spacial score (nSPS) is 10.8. The molecular weight excluding hydrogens is 403 g/mol. The van der Waals surface area contributed by atoms with E-state index in [4.69, 9.17) is 27.9 Å². The fourth-order valence-corrected chi connectivity index (χ4v) is 2.65. The van der Waals surface area contributed by atoms with E-state index in [1.54, 1.807) is 30.5 Å². The van der Waals surface area contributed by atoms with Crippen molar-refractivity contribution < 1.29 is 9.66 Å². The van der Waals surface area contributed by atoms with Gasteiger partial charge in [-0.2, -0.15) is 5.10 Å². The fraction of sp³-hybridized carbons (Fsp3) is 0.0526. The second-order valence-corrected chi connectivity index (χ2v) is 6.41. The number of ether oxygens (including phenoxy) is 1. The molecule has 0 atom stereocenters. The summed E-state index contributed by atoms with van der Waals surface area (Å²) in [5.41, 5.74) is 4.21. The zero-order valence-corrected chi connectivity index (χ0v) is 15.9. The van der Waals surface area contributed by atoms with Gasteiger partial charge in [-0.15, -0.1) is 0 Å². The van der Waals surface area contributed by atoms with Crippen LogP contribution in [0.4, 0.5) is 11.5 Å². The number of hydrogen-bond donors (Lipinski definition) is 1. The maximum atomic E-state index is 10.6. The predicted molar refractivity (Wildman–Crippen MR) is 109 cm³/mol. The number of halogens is 2. The first-order valence-electron chi connectivity index (χ1n) is 8.08. The molecule has 0 amide bonds. The third-order valence-corrected chi connectivity index (χ3v) is 4.31. The quantitative estimate of drug-likeness (QED) is 0.319. The van der Waals surface area contributed by atoms with Crippen molar-refractivity contribution in [3.8, 4) is 5.75 Å². The smallest absolute Gasteiger partial charge is 0.287 e. The molecule has 1 N–H and O–H groups in total. The molecule has 0 aliphatic heterocycles. The first-order valence-corrected chi connectivity index (χ1v) is 8.84. The number of pyridine rings is 1. The van der Waals surface area contributed by atoms with E-state index in [9.17, 15) is 10.1 Å². The van der Waals surface area contributed by atoms with Gasteiger partial charge in [-0.3, -0.25) is 15.5 Å². The minimum absolute atomic E-state index is 0.0892. The van der Waals surface area contributed by atoms with E-state index in [1.807, 2.05) is 18.2 Å². The van der Waals surface area contributed by atoms with Crippen molar-refractivity contribution in [3.05, 3.63) is 92.1 Å². The molecule has 0 fully saturated rings. The highest BCUT2D eigenvalue weighted by atomic mass is 35.5. The average Bonchev–Trinajstić information content (AvgIpc) is 2.69. The first kappa shape index (κ1) is 19.6. The van der Waals surface area contributed by atoms with Crippen LogP contribution in [0.25, 0.3) is 0 Å². The third kappa shape index (κ3) is 5.18. The minimum Gasteiger partial charge on any atom is -0.487 e. The lowest BCUT2D eigenvalue weighted by Gasteiger charge is -2.09. The van der Waals surface area contributed by atoms with Gasteiger partial charge in [0.15, 0.2) is 0 Å². The topological polar surface area (TPSA) is 89.7 Å². The molecule has 0 unspecified atom stereocenters. The van der Waals surface area contributed by atoms with Crippen molar-refractivity contribution in [2.45, 2.75) is 6.61 Å². The highest BCUT2D eigenvalue weighted by molar-refractivity contribution is 6.32. The molecule has 0 saturated heterocycles. The van der Waals surface area contributed by atoms with Gasteiger partial charge in [-0.1, -0.05) is 41.4 Å². The van der Waals surface area contributed by atoms with Crippen LogP contribution in [0.3, 0.4) is 0 Å². The van der Waals surface area contributed by atoms with Gasteiger partial charge in [-0.25, -0.2) is 4.98 Å². The highest BCUT2D eigenvalue weighted by Gasteiger charge is 2.06. The molecule has 0 radical (unpaired) electrons. The van der Waals surface area contributed by atoms with Crippen molar-refractivity contribution >= 4 is 40.9 Å². The Bertz CT molecular complexity index is 1010. The summed E-state index contributed by atoms with van der Waals surface area (Å²) in [6.07, 6.45) is 2.70.